The van der Waals surface area contributed by atoms with Gasteiger partial charge in [-0.25, -0.2) is 4.98 Å². The molecule has 0 radical (unpaired) electrons. The molecule has 0 aliphatic heterocycles. The van der Waals surface area contributed by atoms with E-state index in [1.54, 1.807) is 7.11 Å². The van der Waals surface area contributed by atoms with Crippen LogP contribution < -0.4 is 4.74 Å². The number of nitrogens with zero attached hydrogens (tertiary/aromatic N) is 1. The number of aryl methyl sites for hydroxylation is 1. The SMILES string of the molecule is COc1ccc2nc3c(C)c4cc[nH]c(Cl)c4cc3c2c1. The number of halogens is 1. The molecule has 104 valence electrons. The van der Waals surface area contributed by atoms with Gasteiger partial charge >= 0.3 is 0 Å². The van der Waals surface area contributed by atoms with E-state index in [1.807, 2.05) is 30.5 Å². The van der Waals surface area contributed by atoms with E-state index in [0.29, 0.717) is 5.15 Å². The highest BCUT2D eigenvalue weighted by Gasteiger charge is 2.13. The van der Waals surface area contributed by atoms with Gasteiger partial charge < -0.3 is 9.72 Å². The van der Waals surface area contributed by atoms with Crippen LogP contribution in [0.5, 0.6) is 5.75 Å². The third-order valence-electron chi connectivity index (χ3n) is 4.02. The molecule has 3 nitrogen and oxygen atoms in total. The molecule has 0 saturated heterocycles. The zero-order valence-electron chi connectivity index (χ0n) is 11.7. The van der Waals surface area contributed by atoms with E-state index in [-0.39, 0.29) is 0 Å². The highest BCUT2D eigenvalue weighted by molar-refractivity contribution is 6.35. The van der Waals surface area contributed by atoms with Crippen LogP contribution in [0.25, 0.3) is 32.6 Å². The minimum absolute atomic E-state index is 0.648. The average Bonchev–Trinajstić information content (AvgIpc) is 2.87. The van der Waals surface area contributed by atoms with Gasteiger partial charge in [-0.1, -0.05) is 11.6 Å². The van der Waals surface area contributed by atoms with Crippen molar-refractivity contribution in [2.75, 3.05) is 7.11 Å². The van der Waals surface area contributed by atoms with Crippen molar-refractivity contribution in [1.29, 1.82) is 0 Å². The van der Waals surface area contributed by atoms with Gasteiger partial charge in [-0.2, -0.15) is 0 Å². The van der Waals surface area contributed by atoms with Crippen LogP contribution in [-0.2, 0) is 0 Å². The number of methoxy groups -OCH3 is 1. The van der Waals surface area contributed by atoms with E-state index < -0.39 is 0 Å². The van der Waals surface area contributed by atoms with Crippen LogP contribution in [0.1, 0.15) is 5.56 Å². The first-order valence-corrected chi connectivity index (χ1v) is 7.10. The maximum absolute atomic E-state index is 6.31. The number of pyridine rings is 1. The minimum atomic E-state index is 0.648. The second kappa shape index (κ2) is 4.37. The first kappa shape index (κ1) is 12.5. The van der Waals surface area contributed by atoms with Crippen molar-refractivity contribution >= 4 is 44.2 Å². The molecule has 4 heteroatoms. The Hall–Kier alpha value is -2.26. The van der Waals surface area contributed by atoms with E-state index in [1.165, 1.54) is 0 Å². The number of fused-ring (bicyclic) bond motifs is 4. The standard InChI is InChI=1S/C17H13ClN2O/c1-9-11-5-6-19-17(18)14(11)8-13-12-7-10(21-2)3-4-15(12)20-16(9)13/h3-8,19H,1-2H3. The molecule has 0 aliphatic carbocycles. The monoisotopic (exact) mass is 296 g/mol. The number of nitrogens with one attached hydrogen (secondary N) is 1. The Balaban J connectivity index is 2.24. The molecule has 2 aromatic carbocycles. The lowest BCUT2D eigenvalue weighted by atomic mass is 10.0. The lowest BCUT2D eigenvalue weighted by Crippen LogP contribution is -1.84. The number of H-pyrrole nitrogens is 1. The molecule has 0 bridgehead atoms. The smallest absolute Gasteiger partial charge is 0.119 e. The second-order valence-corrected chi connectivity index (χ2v) is 5.52. The molecule has 2 aromatic heterocycles. The average molecular weight is 297 g/mol. The molecule has 0 amide bonds. The number of hydrogen-bond acceptors (Lipinski definition) is 2. The Bertz CT molecular complexity index is 1000. The summed E-state index contributed by atoms with van der Waals surface area (Å²) in [5.41, 5.74) is 3.14. The van der Waals surface area contributed by atoms with E-state index in [2.05, 4.69) is 18.0 Å². The molecule has 0 fully saturated rings. The third kappa shape index (κ3) is 1.71. The molecule has 4 rings (SSSR count). The molecule has 0 unspecified atom stereocenters. The zero-order valence-corrected chi connectivity index (χ0v) is 12.5. The molecule has 4 aromatic rings. The molecular weight excluding hydrogens is 284 g/mol. The van der Waals surface area contributed by atoms with Crippen LogP contribution in [0.4, 0.5) is 0 Å². The topological polar surface area (TPSA) is 37.9 Å². The van der Waals surface area contributed by atoms with Gasteiger partial charge in [0.25, 0.3) is 0 Å². The van der Waals surface area contributed by atoms with Crippen molar-refractivity contribution in [3.63, 3.8) is 0 Å². The van der Waals surface area contributed by atoms with Gasteiger partial charge in [-0.3, -0.25) is 0 Å². The first-order valence-electron chi connectivity index (χ1n) is 6.72. The minimum Gasteiger partial charge on any atom is -0.497 e. The van der Waals surface area contributed by atoms with Gasteiger partial charge in [0.2, 0.25) is 0 Å². The summed E-state index contributed by atoms with van der Waals surface area (Å²) in [6.45, 7) is 2.09. The Labute approximate surface area is 126 Å². The van der Waals surface area contributed by atoms with Gasteiger partial charge in [0.05, 0.1) is 18.1 Å². The fourth-order valence-corrected chi connectivity index (χ4v) is 3.14. The molecule has 0 saturated carbocycles. The van der Waals surface area contributed by atoms with E-state index >= 15 is 0 Å². The van der Waals surface area contributed by atoms with Crippen LogP contribution in [0, 0.1) is 6.92 Å². The largest absolute Gasteiger partial charge is 0.497 e. The van der Waals surface area contributed by atoms with E-state index in [9.17, 15) is 0 Å². The number of aromatic nitrogens is 2. The van der Waals surface area contributed by atoms with Crippen LogP contribution in [0.2, 0.25) is 5.15 Å². The van der Waals surface area contributed by atoms with Gasteiger partial charge in [-0.05, 0) is 48.2 Å². The highest BCUT2D eigenvalue weighted by atomic mass is 35.5. The summed E-state index contributed by atoms with van der Waals surface area (Å²) >= 11 is 6.31. The van der Waals surface area contributed by atoms with Crippen molar-refractivity contribution < 1.29 is 4.74 Å². The summed E-state index contributed by atoms with van der Waals surface area (Å²) < 4.78 is 5.32. The summed E-state index contributed by atoms with van der Waals surface area (Å²) in [7, 11) is 1.67. The Kier molecular flexibility index (Phi) is 2.59. The molecular formula is C17H13ClN2O. The summed E-state index contributed by atoms with van der Waals surface area (Å²) in [5.74, 6) is 0.834. The summed E-state index contributed by atoms with van der Waals surface area (Å²) in [6, 6.07) is 10.1. The number of hydrogen-bond donors (Lipinski definition) is 1. The van der Waals surface area contributed by atoms with Crippen LogP contribution in [0.15, 0.2) is 36.5 Å². The first-order chi connectivity index (χ1) is 10.2. The number of benzene rings is 2. The molecule has 21 heavy (non-hydrogen) atoms. The van der Waals surface area contributed by atoms with Gasteiger partial charge in [0, 0.05) is 22.4 Å². The van der Waals surface area contributed by atoms with Crippen LogP contribution >= 0.6 is 11.6 Å². The number of rotatable bonds is 1. The van der Waals surface area contributed by atoms with Gasteiger partial charge in [-0.15, -0.1) is 0 Å². The second-order valence-electron chi connectivity index (χ2n) is 5.15. The van der Waals surface area contributed by atoms with Crippen molar-refractivity contribution in [3.8, 4) is 5.75 Å². The maximum Gasteiger partial charge on any atom is 0.119 e. The molecule has 0 spiro atoms. The van der Waals surface area contributed by atoms with Gasteiger partial charge in [0.1, 0.15) is 10.9 Å². The highest BCUT2D eigenvalue weighted by Crippen LogP contribution is 2.35. The van der Waals surface area contributed by atoms with Crippen molar-refractivity contribution in [2.45, 2.75) is 6.92 Å². The summed E-state index contributed by atoms with van der Waals surface area (Å²) in [5, 5.41) is 4.99. The van der Waals surface area contributed by atoms with Gasteiger partial charge in [0.15, 0.2) is 0 Å². The molecule has 2 heterocycles. The van der Waals surface area contributed by atoms with Crippen molar-refractivity contribution in [2.24, 2.45) is 0 Å². The lowest BCUT2D eigenvalue weighted by molar-refractivity contribution is 0.415. The van der Waals surface area contributed by atoms with E-state index in [0.717, 1.165) is 43.9 Å². The van der Waals surface area contributed by atoms with Crippen molar-refractivity contribution in [1.82, 2.24) is 9.97 Å². The zero-order chi connectivity index (χ0) is 14.6. The summed E-state index contributed by atoms with van der Waals surface area (Å²) in [6.07, 6.45) is 1.86. The fraction of sp³-hybridized carbons (Fsp3) is 0.118. The normalized spacial score (nSPS) is 11.6. The maximum atomic E-state index is 6.31. The predicted octanol–water partition coefficient (Wildman–Crippen LogP) is 4.84. The lowest BCUT2D eigenvalue weighted by Gasteiger charge is -2.05. The van der Waals surface area contributed by atoms with Crippen molar-refractivity contribution in [3.05, 3.63) is 47.2 Å². The van der Waals surface area contributed by atoms with Crippen LogP contribution in [-0.4, -0.2) is 17.1 Å². The van der Waals surface area contributed by atoms with Crippen LogP contribution in [0.3, 0.4) is 0 Å². The third-order valence-corrected chi connectivity index (χ3v) is 4.33. The van der Waals surface area contributed by atoms with E-state index in [4.69, 9.17) is 21.3 Å². The summed E-state index contributed by atoms with van der Waals surface area (Å²) in [4.78, 5) is 7.81. The Morgan fingerprint density at radius 2 is 1.90 bits per heavy atom. The molecule has 0 aliphatic rings. The number of aromatic amines is 1. The molecule has 1 N–H and O–H groups in total. The number of ether oxygens (including phenoxy) is 1. The predicted molar refractivity (Wildman–Crippen MR) is 87.4 cm³/mol. The quantitative estimate of drug-likeness (QED) is 0.510. The Morgan fingerprint density at radius 3 is 2.71 bits per heavy atom. The Morgan fingerprint density at radius 1 is 1.05 bits per heavy atom. The molecule has 0 atom stereocenters. The fourth-order valence-electron chi connectivity index (χ4n) is 2.92.